The van der Waals surface area contributed by atoms with Gasteiger partial charge in [0, 0.05) is 6.42 Å². The molecule has 0 heterocycles. The summed E-state index contributed by atoms with van der Waals surface area (Å²) < 4.78 is 11.3. The average Bonchev–Trinajstić information content (AvgIpc) is 2.80. The maximum Gasteiger partial charge on any atom is 0.162 e. The molecule has 3 aromatic carbocycles. The first-order valence-corrected chi connectivity index (χ1v) is 10.3. The maximum absolute atomic E-state index is 12.2. The van der Waals surface area contributed by atoms with Gasteiger partial charge in [-0.1, -0.05) is 72.8 Å². The number of allylic oxidation sites excluding steroid dienone is 1. The average molecular weight is 401 g/mol. The fourth-order valence-corrected chi connectivity index (χ4v) is 3.19. The Morgan fingerprint density at radius 1 is 0.833 bits per heavy atom. The maximum atomic E-state index is 12.2. The molecule has 154 valence electrons. The zero-order chi connectivity index (χ0) is 21.0. The number of hydrogen-bond acceptors (Lipinski definition) is 3. The summed E-state index contributed by atoms with van der Waals surface area (Å²) in [5, 5.41) is 0. The molecule has 3 aromatic rings. The van der Waals surface area contributed by atoms with Gasteiger partial charge >= 0.3 is 0 Å². The Hall–Kier alpha value is -3.33. The van der Waals surface area contributed by atoms with Gasteiger partial charge in [0.15, 0.2) is 17.3 Å². The third-order valence-corrected chi connectivity index (χ3v) is 4.87. The van der Waals surface area contributed by atoms with E-state index in [0.29, 0.717) is 24.5 Å². The molecule has 0 atom stereocenters. The Morgan fingerprint density at radius 3 is 2.23 bits per heavy atom. The van der Waals surface area contributed by atoms with Gasteiger partial charge in [0.2, 0.25) is 0 Å². The molecule has 0 saturated heterocycles. The van der Waals surface area contributed by atoms with Crippen LogP contribution in [0.5, 0.6) is 11.5 Å². The van der Waals surface area contributed by atoms with Gasteiger partial charge in [-0.3, -0.25) is 4.79 Å². The predicted molar refractivity (Wildman–Crippen MR) is 122 cm³/mol. The summed E-state index contributed by atoms with van der Waals surface area (Å²) in [5.41, 5.74) is 3.32. The molecule has 3 nitrogen and oxygen atoms in total. The second-order valence-electron chi connectivity index (χ2n) is 7.18. The van der Waals surface area contributed by atoms with Crippen LogP contribution in [-0.2, 0) is 17.8 Å². The summed E-state index contributed by atoms with van der Waals surface area (Å²) in [5.74, 6) is 1.49. The van der Waals surface area contributed by atoms with Crippen LogP contribution in [-0.4, -0.2) is 12.9 Å². The zero-order valence-electron chi connectivity index (χ0n) is 17.4. The monoisotopic (exact) mass is 400 g/mol. The quantitative estimate of drug-likeness (QED) is 0.281. The number of carbonyl (C=O) groups is 1. The van der Waals surface area contributed by atoms with Crippen molar-refractivity contribution in [1.82, 2.24) is 0 Å². The van der Waals surface area contributed by atoms with E-state index in [0.717, 1.165) is 30.4 Å². The Kier molecular flexibility index (Phi) is 8.28. The number of rotatable bonds is 11. The molecule has 0 bridgehead atoms. The molecule has 0 aliphatic rings. The van der Waals surface area contributed by atoms with E-state index in [-0.39, 0.29) is 5.78 Å². The molecule has 0 aliphatic carbocycles. The normalized spacial score (nSPS) is 10.8. The Bertz CT molecular complexity index is 946. The molecule has 0 N–H and O–H groups in total. The lowest BCUT2D eigenvalue weighted by Crippen LogP contribution is -1.98. The van der Waals surface area contributed by atoms with E-state index in [1.165, 1.54) is 5.56 Å². The van der Waals surface area contributed by atoms with Crippen molar-refractivity contribution in [1.29, 1.82) is 0 Å². The Labute approximate surface area is 179 Å². The number of ketones is 1. The first kappa shape index (κ1) is 21.4. The van der Waals surface area contributed by atoms with Crippen molar-refractivity contribution in [3.63, 3.8) is 0 Å². The van der Waals surface area contributed by atoms with E-state index in [1.807, 2.05) is 60.7 Å². The second kappa shape index (κ2) is 11.6. The number of benzene rings is 3. The van der Waals surface area contributed by atoms with Gasteiger partial charge in [-0.15, -0.1) is 0 Å². The number of unbranched alkanes of at least 4 members (excludes halogenated alkanes) is 1. The third-order valence-electron chi connectivity index (χ3n) is 4.87. The summed E-state index contributed by atoms with van der Waals surface area (Å²) in [6, 6.07) is 26.1. The second-order valence-corrected chi connectivity index (χ2v) is 7.18. The highest BCUT2D eigenvalue weighted by atomic mass is 16.5. The van der Waals surface area contributed by atoms with Crippen molar-refractivity contribution in [2.75, 3.05) is 7.11 Å². The molecule has 0 unspecified atom stereocenters. The van der Waals surface area contributed by atoms with Gasteiger partial charge in [-0.2, -0.15) is 0 Å². The van der Waals surface area contributed by atoms with Crippen molar-refractivity contribution in [2.45, 2.75) is 32.3 Å². The standard InChI is InChI=1S/C27H28O3/c1-29-26-19-17-23(20-27(26)30-21-24-13-6-3-7-14-24)16-18-25(28)15-9-8-12-22-10-4-2-5-11-22/h2-7,10-11,13-14,16-20H,8-9,12,15,21H2,1H3. The van der Waals surface area contributed by atoms with Crippen LogP contribution in [0.1, 0.15) is 36.0 Å². The summed E-state index contributed by atoms with van der Waals surface area (Å²) in [7, 11) is 1.62. The van der Waals surface area contributed by atoms with Crippen molar-refractivity contribution < 1.29 is 14.3 Å². The Morgan fingerprint density at radius 2 is 1.53 bits per heavy atom. The molecular formula is C27H28O3. The summed E-state index contributed by atoms with van der Waals surface area (Å²) in [4.78, 5) is 12.2. The van der Waals surface area contributed by atoms with Crippen molar-refractivity contribution in [3.8, 4) is 11.5 Å². The fourth-order valence-electron chi connectivity index (χ4n) is 3.19. The predicted octanol–water partition coefficient (Wildman–Crippen LogP) is 6.27. The summed E-state index contributed by atoms with van der Waals surface area (Å²) in [6.45, 7) is 0.463. The highest BCUT2D eigenvalue weighted by Gasteiger charge is 2.06. The number of carbonyl (C=O) groups excluding carboxylic acids is 1. The topological polar surface area (TPSA) is 35.5 Å². The van der Waals surface area contributed by atoms with Crippen molar-refractivity contribution in [2.24, 2.45) is 0 Å². The van der Waals surface area contributed by atoms with Crippen LogP contribution in [0.15, 0.2) is 84.9 Å². The number of hydrogen-bond donors (Lipinski definition) is 0. The van der Waals surface area contributed by atoms with Gasteiger partial charge in [-0.25, -0.2) is 0 Å². The third kappa shape index (κ3) is 6.93. The molecule has 0 spiro atoms. The zero-order valence-corrected chi connectivity index (χ0v) is 17.4. The molecule has 0 radical (unpaired) electrons. The van der Waals surface area contributed by atoms with Crippen LogP contribution in [0.4, 0.5) is 0 Å². The van der Waals surface area contributed by atoms with Crippen molar-refractivity contribution >= 4 is 11.9 Å². The van der Waals surface area contributed by atoms with Gasteiger partial charge in [0.25, 0.3) is 0 Å². The van der Waals surface area contributed by atoms with Crippen LogP contribution in [0, 0.1) is 0 Å². The van der Waals surface area contributed by atoms with Crippen LogP contribution in [0.3, 0.4) is 0 Å². The van der Waals surface area contributed by atoms with E-state index in [1.54, 1.807) is 13.2 Å². The lowest BCUT2D eigenvalue weighted by Gasteiger charge is -2.11. The largest absolute Gasteiger partial charge is 0.493 e. The molecule has 0 aromatic heterocycles. The summed E-state index contributed by atoms with van der Waals surface area (Å²) in [6.07, 6.45) is 6.99. The van der Waals surface area contributed by atoms with Crippen LogP contribution >= 0.6 is 0 Å². The smallest absolute Gasteiger partial charge is 0.162 e. The minimum Gasteiger partial charge on any atom is -0.493 e. The number of aryl methyl sites for hydroxylation is 1. The molecule has 0 amide bonds. The van der Waals surface area contributed by atoms with Crippen LogP contribution in [0.25, 0.3) is 6.08 Å². The van der Waals surface area contributed by atoms with Gasteiger partial charge in [-0.05, 0) is 54.2 Å². The number of ether oxygens (including phenoxy) is 2. The van der Waals surface area contributed by atoms with E-state index in [2.05, 4.69) is 24.3 Å². The van der Waals surface area contributed by atoms with E-state index in [4.69, 9.17) is 9.47 Å². The SMILES string of the molecule is COc1ccc(C=CC(=O)CCCCc2ccccc2)cc1OCc1ccccc1. The molecular weight excluding hydrogens is 372 g/mol. The molecule has 3 heteroatoms. The van der Waals surface area contributed by atoms with E-state index < -0.39 is 0 Å². The highest BCUT2D eigenvalue weighted by molar-refractivity contribution is 5.93. The van der Waals surface area contributed by atoms with E-state index in [9.17, 15) is 4.79 Å². The fraction of sp³-hybridized carbons (Fsp3) is 0.222. The molecule has 0 fully saturated rings. The first-order valence-electron chi connectivity index (χ1n) is 10.3. The first-order chi connectivity index (χ1) is 14.7. The Balaban J connectivity index is 1.50. The van der Waals surface area contributed by atoms with Gasteiger partial charge in [0.1, 0.15) is 6.61 Å². The van der Waals surface area contributed by atoms with Gasteiger partial charge < -0.3 is 9.47 Å². The van der Waals surface area contributed by atoms with Crippen LogP contribution in [0.2, 0.25) is 0 Å². The summed E-state index contributed by atoms with van der Waals surface area (Å²) >= 11 is 0. The van der Waals surface area contributed by atoms with E-state index >= 15 is 0 Å². The minimum atomic E-state index is 0.144. The molecule has 0 saturated carbocycles. The number of methoxy groups -OCH3 is 1. The molecule has 30 heavy (non-hydrogen) atoms. The lowest BCUT2D eigenvalue weighted by molar-refractivity contribution is -0.114. The molecule has 0 aliphatic heterocycles. The lowest BCUT2D eigenvalue weighted by atomic mass is 10.1. The van der Waals surface area contributed by atoms with Gasteiger partial charge in [0.05, 0.1) is 7.11 Å². The van der Waals surface area contributed by atoms with Crippen molar-refractivity contribution in [3.05, 3.63) is 102 Å². The minimum absolute atomic E-state index is 0.144. The highest BCUT2D eigenvalue weighted by Crippen LogP contribution is 2.29. The van der Waals surface area contributed by atoms with Crippen LogP contribution < -0.4 is 9.47 Å². The molecule has 3 rings (SSSR count).